The maximum absolute atomic E-state index is 14.0. The molecule has 0 spiro atoms. The normalized spacial score (nSPS) is 13.0. The van der Waals surface area contributed by atoms with Crippen LogP contribution in [0.4, 0.5) is 5.69 Å². The van der Waals surface area contributed by atoms with E-state index in [-0.39, 0.29) is 50.5 Å². The minimum absolute atomic E-state index is 0.000639. The second kappa shape index (κ2) is 15.0. The van der Waals surface area contributed by atoms with Crippen molar-refractivity contribution < 1.29 is 27.5 Å². The molecule has 1 aliphatic heterocycles. The van der Waals surface area contributed by atoms with Crippen LogP contribution in [0.3, 0.4) is 0 Å². The number of nitrogens with one attached hydrogen (secondary N) is 1. The molecule has 9 nitrogen and oxygen atoms in total. The molecule has 44 heavy (non-hydrogen) atoms. The predicted molar refractivity (Wildman–Crippen MR) is 173 cm³/mol. The minimum atomic E-state index is -3.68. The lowest BCUT2D eigenvalue weighted by Gasteiger charge is -2.32. The van der Waals surface area contributed by atoms with E-state index < -0.39 is 16.1 Å². The molecule has 0 saturated carbocycles. The number of fused-ring (bicyclic) bond motifs is 1. The number of amides is 2. The van der Waals surface area contributed by atoms with Crippen LogP contribution in [-0.2, 0) is 32.6 Å². The summed E-state index contributed by atoms with van der Waals surface area (Å²) in [5.74, 6) is 0.644. The molecular weight excluding hydrogens is 625 g/mol. The number of carbonyl (C=O) groups is 2. The van der Waals surface area contributed by atoms with Gasteiger partial charge < -0.3 is 19.7 Å². The van der Waals surface area contributed by atoms with E-state index in [1.54, 1.807) is 41.3 Å². The number of anilines is 1. The molecular formula is C32H37Cl2N3O6S. The van der Waals surface area contributed by atoms with E-state index in [1.165, 1.54) is 4.31 Å². The molecule has 3 aromatic rings. The average molecular weight is 663 g/mol. The van der Waals surface area contributed by atoms with Crippen LogP contribution in [0.25, 0.3) is 0 Å². The van der Waals surface area contributed by atoms with Gasteiger partial charge in [0.1, 0.15) is 6.04 Å². The molecule has 1 atom stereocenters. The topological polar surface area (TPSA) is 105 Å². The Labute approximate surface area is 269 Å². The Hall–Kier alpha value is -3.47. The zero-order valence-corrected chi connectivity index (χ0v) is 27.3. The lowest BCUT2D eigenvalue weighted by molar-refractivity contribution is -0.141. The number of halogens is 2. The van der Waals surface area contributed by atoms with Crippen LogP contribution in [0.15, 0.2) is 66.7 Å². The molecule has 0 aromatic heterocycles. The van der Waals surface area contributed by atoms with E-state index in [0.717, 1.165) is 11.8 Å². The molecule has 0 aliphatic carbocycles. The Kier molecular flexibility index (Phi) is 11.4. The van der Waals surface area contributed by atoms with Gasteiger partial charge in [-0.15, -0.1) is 0 Å². The molecule has 3 aromatic carbocycles. The van der Waals surface area contributed by atoms with Gasteiger partial charge >= 0.3 is 0 Å². The summed E-state index contributed by atoms with van der Waals surface area (Å²) in [5.41, 5.74) is 2.02. The number of rotatable bonds is 14. The van der Waals surface area contributed by atoms with Crippen LogP contribution in [-0.4, -0.2) is 57.3 Å². The molecule has 1 heterocycles. The summed E-state index contributed by atoms with van der Waals surface area (Å²) in [7, 11) is -3.68. The maximum atomic E-state index is 14.0. The van der Waals surface area contributed by atoms with Crippen molar-refractivity contribution in [2.24, 2.45) is 5.92 Å². The van der Waals surface area contributed by atoms with Crippen molar-refractivity contribution in [1.29, 1.82) is 0 Å². The Balaban J connectivity index is 1.59. The number of hydrogen-bond donors (Lipinski definition) is 1. The number of benzene rings is 3. The van der Waals surface area contributed by atoms with Crippen LogP contribution in [0, 0.1) is 5.92 Å². The second-order valence-electron chi connectivity index (χ2n) is 11.1. The molecule has 0 radical (unpaired) electrons. The van der Waals surface area contributed by atoms with Crippen LogP contribution in [0.2, 0.25) is 10.0 Å². The van der Waals surface area contributed by atoms with E-state index in [4.69, 9.17) is 32.7 Å². The summed E-state index contributed by atoms with van der Waals surface area (Å²) in [4.78, 5) is 29.2. The van der Waals surface area contributed by atoms with Gasteiger partial charge in [0.15, 0.2) is 11.5 Å². The van der Waals surface area contributed by atoms with Crippen LogP contribution in [0.5, 0.6) is 11.5 Å². The highest BCUT2D eigenvalue weighted by Crippen LogP contribution is 2.36. The Morgan fingerprint density at radius 3 is 2.34 bits per heavy atom. The molecule has 236 valence electrons. The molecule has 1 unspecified atom stereocenters. The Bertz CT molecular complexity index is 1570. The quantitative estimate of drug-likeness (QED) is 0.238. The highest BCUT2D eigenvalue weighted by molar-refractivity contribution is 7.92. The van der Waals surface area contributed by atoms with Gasteiger partial charge in [0.2, 0.25) is 28.6 Å². The first-order chi connectivity index (χ1) is 20.9. The summed E-state index contributed by atoms with van der Waals surface area (Å²) in [6.45, 7) is 4.68. The lowest BCUT2D eigenvalue weighted by atomic mass is 10.0. The zero-order chi connectivity index (χ0) is 31.9. The number of ether oxygens (including phenoxy) is 2. The third-order valence-electron chi connectivity index (χ3n) is 7.09. The van der Waals surface area contributed by atoms with Gasteiger partial charge in [0, 0.05) is 38.5 Å². The van der Waals surface area contributed by atoms with Crippen molar-refractivity contribution in [1.82, 2.24) is 10.2 Å². The van der Waals surface area contributed by atoms with Gasteiger partial charge in [0.05, 0.1) is 22.0 Å². The molecule has 12 heteroatoms. The first-order valence-corrected chi connectivity index (χ1v) is 16.9. The van der Waals surface area contributed by atoms with Crippen LogP contribution < -0.4 is 19.1 Å². The second-order valence-corrected chi connectivity index (χ2v) is 13.8. The van der Waals surface area contributed by atoms with Gasteiger partial charge in [-0.3, -0.25) is 13.9 Å². The first-order valence-electron chi connectivity index (χ1n) is 14.3. The van der Waals surface area contributed by atoms with Gasteiger partial charge in [0.25, 0.3) is 0 Å². The summed E-state index contributed by atoms with van der Waals surface area (Å²) < 4.78 is 37.5. The highest BCUT2D eigenvalue weighted by Gasteiger charge is 2.31. The standard InChI is InChI=1S/C32H37Cl2N3O6S/c1-22(2)19-35-32(39)28(17-23-8-5-4-6-9-23)36(20-24-11-13-26(33)27(34)16-24)31(38)10-7-15-37(44(3,40)41)25-12-14-29-30(18-25)43-21-42-29/h4-6,8-9,11-14,16,18,22,28H,7,10,15,17,19-21H2,1-3H3,(H,35,39). The zero-order valence-electron chi connectivity index (χ0n) is 25.0. The third kappa shape index (κ3) is 9.03. The van der Waals surface area contributed by atoms with Gasteiger partial charge in [-0.1, -0.05) is 73.4 Å². The van der Waals surface area contributed by atoms with Gasteiger partial charge in [-0.05, 0) is 47.7 Å². The minimum Gasteiger partial charge on any atom is -0.454 e. The molecule has 1 N–H and O–H groups in total. The largest absolute Gasteiger partial charge is 0.454 e. The number of hydrogen-bond acceptors (Lipinski definition) is 6. The fourth-order valence-corrected chi connectivity index (χ4v) is 6.13. The fourth-order valence-electron chi connectivity index (χ4n) is 4.86. The monoisotopic (exact) mass is 661 g/mol. The molecule has 0 saturated heterocycles. The average Bonchev–Trinajstić information content (AvgIpc) is 3.45. The maximum Gasteiger partial charge on any atom is 0.243 e. The van der Waals surface area contributed by atoms with E-state index in [0.29, 0.717) is 45.8 Å². The lowest BCUT2D eigenvalue weighted by Crippen LogP contribution is -2.51. The molecule has 4 rings (SSSR count). The van der Waals surface area contributed by atoms with E-state index >= 15 is 0 Å². The van der Waals surface area contributed by atoms with Gasteiger partial charge in [-0.25, -0.2) is 8.42 Å². The summed E-state index contributed by atoms with van der Waals surface area (Å²) in [5, 5.41) is 3.71. The summed E-state index contributed by atoms with van der Waals surface area (Å²) in [6, 6.07) is 18.7. The highest BCUT2D eigenvalue weighted by atomic mass is 35.5. The molecule has 2 amide bonds. The van der Waals surface area contributed by atoms with E-state index in [9.17, 15) is 18.0 Å². The van der Waals surface area contributed by atoms with E-state index in [2.05, 4.69) is 5.32 Å². The van der Waals surface area contributed by atoms with Crippen molar-refractivity contribution in [2.45, 2.75) is 45.7 Å². The SMILES string of the molecule is CC(C)CNC(=O)C(Cc1ccccc1)N(Cc1ccc(Cl)c(Cl)c1)C(=O)CCCN(c1ccc2c(c1)OCO2)S(C)(=O)=O. The van der Waals surface area contributed by atoms with Crippen molar-refractivity contribution in [2.75, 3.05) is 30.4 Å². The molecule has 1 aliphatic rings. The summed E-state index contributed by atoms with van der Waals surface area (Å²) in [6.07, 6.45) is 1.62. The van der Waals surface area contributed by atoms with Crippen molar-refractivity contribution in [3.05, 3.63) is 87.9 Å². The third-order valence-corrected chi connectivity index (χ3v) is 9.02. The Morgan fingerprint density at radius 2 is 1.66 bits per heavy atom. The van der Waals surface area contributed by atoms with E-state index in [1.807, 2.05) is 44.2 Å². The number of carbonyl (C=O) groups excluding carboxylic acids is 2. The molecule has 0 fully saturated rings. The van der Waals surface area contributed by atoms with Crippen LogP contribution in [0.1, 0.15) is 37.8 Å². The van der Waals surface area contributed by atoms with Gasteiger partial charge in [-0.2, -0.15) is 0 Å². The smallest absolute Gasteiger partial charge is 0.243 e. The summed E-state index contributed by atoms with van der Waals surface area (Å²) >= 11 is 12.4. The first kappa shape index (κ1) is 33.4. The van der Waals surface area contributed by atoms with Crippen molar-refractivity contribution in [3.63, 3.8) is 0 Å². The number of sulfonamides is 1. The van der Waals surface area contributed by atoms with Crippen molar-refractivity contribution >= 4 is 50.7 Å². The fraction of sp³-hybridized carbons (Fsp3) is 0.375. The predicted octanol–water partition coefficient (Wildman–Crippen LogP) is 5.68. The molecule has 0 bridgehead atoms. The van der Waals surface area contributed by atoms with Crippen LogP contribution >= 0.6 is 23.2 Å². The Morgan fingerprint density at radius 1 is 0.932 bits per heavy atom. The van der Waals surface area contributed by atoms with Crippen molar-refractivity contribution in [3.8, 4) is 11.5 Å². The number of nitrogens with zero attached hydrogens (tertiary/aromatic N) is 2.